The Morgan fingerprint density at radius 2 is 2.24 bits per heavy atom. The lowest BCUT2D eigenvalue weighted by molar-refractivity contribution is 0.101. The van der Waals surface area contributed by atoms with Crippen molar-refractivity contribution in [3.8, 4) is 0 Å². The molecule has 0 atom stereocenters. The molecule has 17 heavy (non-hydrogen) atoms. The number of ketones is 1. The summed E-state index contributed by atoms with van der Waals surface area (Å²) in [7, 11) is 0. The number of rotatable bonds is 4. The van der Waals surface area contributed by atoms with Gasteiger partial charge in [-0.25, -0.2) is 0 Å². The highest BCUT2D eigenvalue weighted by Gasteiger charge is 2.04. The largest absolute Gasteiger partial charge is 0.467 e. The molecule has 2 aromatic rings. The summed E-state index contributed by atoms with van der Waals surface area (Å²) in [6, 6.07) is 8.94. The van der Waals surface area contributed by atoms with Crippen LogP contribution in [0.4, 0.5) is 11.4 Å². The molecule has 3 N–H and O–H groups in total. The number of carbonyl (C=O) groups is 1. The molecule has 1 aromatic heterocycles. The Hall–Kier alpha value is -2.23. The molecule has 0 aliphatic heterocycles. The summed E-state index contributed by atoms with van der Waals surface area (Å²) in [4.78, 5) is 11.2. The molecule has 0 fully saturated rings. The van der Waals surface area contributed by atoms with E-state index in [9.17, 15) is 4.79 Å². The van der Waals surface area contributed by atoms with Crippen LogP contribution in [-0.4, -0.2) is 5.78 Å². The molecule has 1 heterocycles. The minimum absolute atomic E-state index is 0.00860. The third-order valence-corrected chi connectivity index (χ3v) is 2.49. The first-order chi connectivity index (χ1) is 8.16. The van der Waals surface area contributed by atoms with E-state index in [1.54, 1.807) is 24.5 Å². The number of nitrogens with one attached hydrogen (secondary N) is 1. The third kappa shape index (κ3) is 2.66. The molecule has 0 unspecified atom stereocenters. The fraction of sp³-hybridized carbons (Fsp3) is 0.154. The minimum Gasteiger partial charge on any atom is -0.467 e. The zero-order chi connectivity index (χ0) is 12.3. The smallest absolute Gasteiger partial charge is 0.159 e. The Morgan fingerprint density at radius 3 is 2.82 bits per heavy atom. The van der Waals surface area contributed by atoms with Crippen LogP contribution in [0.3, 0.4) is 0 Å². The van der Waals surface area contributed by atoms with Crippen LogP contribution in [-0.2, 0) is 6.54 Å². The molecule has 2 rings (SSSR count). The van der Waals surface area contributed by atoms with Gasteiger partial charge in [-0.3, -0.25) is 4.79 Å². The van der Waals surface area contributed by atoms with Crippen molar-refractivity contribution in [2.45, 2.75) is 13.5 Å². The molecule has 0 radical (unpaired) electrons. The molecule has 0 aliphatic carbocycles. The van der Waals surface area contributed by atoms with E-state index in [0.29, 0.717) is 17.8 Å². The van der Waals surface area contributed by atoms with Crippen molar-refractivity contribution in [1.29, 1.82) is 0 Å². The summed E-state index contributed by atoms with van der Waals surface area (Å²) >= 11 is 0. The number of hydrogen-bond donors (Lipinski definition) is 2. The van der Waals surface area contributed by atoms with Crippen molar-refractivity contribution in [2.75, 3.05) is 11.1 Å². The maximum absolute atomic E-state index is 11.2. The molecule has 0 saturated carbocycles. The van der Waals surface area contributed by atoms with Gasteiger partial charge in [-0.05, 0) is 37.3 Å². The van der Waals surface area contributed by atoms with Crippen molar-refractivity contribution in [3.05, 3.63) is 47.9 Å². The van der Waals surface area contributed by atoms with Crippen LogP contribution in [0.25, 0.3) is 0 Å². The Bertz CT molecular complexity index is 518. The van der Waals surface area contributed by atoms with Gasteiger partial charge in [0.2, 0.25) is 0 Å². The first-order valence-electron chi connectivity index (χ1n) is 5.33. The van der Waals surface area contributed by atoms with Crippen molar-refractivity contribution >= 4 is 17.2 Å². The maximum atomic E-state index is 11.2. The second-order valence-corrected chi connectivity index (χ2v) is 3.79. The maximum Gasteiger partial charge on any atom is 0.159 e. The van der Waals surface area contributed by atoms with E-state index in [1.165, 1.54) is 6.92 Å². The minimum atomic E-state index is 0.00860. The molecule has 1 aromatic carbocycles. The molecule has 4 nitrogen and oxygen atoms in total. The molecule has 0 spiro atoms. The van der Waals surface area contributed by atoms with Gasteiger partial charge < -0.3 is 15.5 Å². The number of carbonyl (C=O) groups excluding carboxylic acids is 1. The molecule has 88 valence electrons. The average molecular weight is 230 g/mol. The van der Waals surface area contributed by atoms with E-state index < -0.39 is 0 Å². The summed E-state index contributed by atoms with van der Waals surface area (Å²) in [5, 5.41) is 3.15. The average Bonchev–Trinajstić information content (AvgIpc) is 2.80. The van der Waals surface area contributed by atoms with Crippen LogP contribution in [0.2, 0.25) is 0 Å². The predicted molar refractivity (Wildman–Crippen MR) is 66.9 cm³/mol. The topological polar surface area (TPSA) is 68.3 Å². The zero-order valence-corrected chi connectivity index (χ0v) is 9.57. The number of hydrogen-bond acceptors (Lipinski definition) is 4. The Kier molecular flexibility index (Phi) is 3.14. The number of anilines is 2. The van der Waals surface area contributed by atoms with Crippen molar-refractivity contribution in [2.24, 2.45) is 0 Å². The quantitative estimate of drug-likeness (QED) is 0.626. The molecule has 0 aliphatic rings. The first-order valence-corrected chi connectivity index (χ1v) is 5.33. The Balaban J connectivity index is 2.09. The SMILES string of the molecule is CC(=O)c1ccc(NCc2ccco2)c(N)c1. The highest BCUT2D eigenvalue weighted by molar-refractivity contribution is 5.95. The fourth-order valence-electron chi connectivity index (χ4n) is 1.54. The second kappa shape index (κ2) is 4.74. The van der Waals surface area contributed by atoms with E-state index in [0.717, 1.165) is 11.4 Å². The van der Waals surface area contributed by atoms with Crippen LogP contribution >= 0.6 is 0 Å². The summed E-state index contributed by atoms with van der Waals surface area (Å²) in [5.74, 6) is 0.842. The van der Waals surface area contributed by atoms with E-state index in [-0.39, 0.29) is 5.78 Å². The van der Waals surface area contributed by atoms with Gasteiger partial charge in [0.1, 0.15) is 5.76 Å². The first kappa shape index (κ1) is 11.3. The number of furan rings is 1. The zero-order valence-electron chi connectivity index (χ0n) is 9.57. The van der Waals surface area contributed by atoms with Crippen molar-refractivity contribution in [3.63, 3.8) is 0 Å². The van der Waals surface area contributed by atoms with E-state index in [1.807, 2.05) is 12.1 Å². The highest BCUT2D eigenvalue weighted by atomic mass is 16.3. The molecule has 0 amide bonds. The lowest BCUT2D eigenvalue weighted by Gasteiger charge is -2.08. The number of Topliss-reactive ketones (excluding diaryl/α,β-unsaturated/α-hetero) is 1. The lowest BCUT2D eigenvalue weighted by Crippen LogP contribution is -2.03. The van der Waals surface area contributed by atoms with Crippen molar-refractivity contribution in [1.82, 2.24) is 0 Å². The van der Waals surface area contributed by atoms with Gasteiger partial charge in [0, 0.05) is 5.56 Å². The normalized spacial score (nSPS) is 10.2. The predicted octanol–water partition coefficient (Wildman–Crippen LogP) is 2.68. The van der Waals surface area contributed by atoms with Crippen LogP contribution < -0.4 is 11.1 Å². The monoisotopic (exact) mass is 230 g/mol. The van der Waals surface area contributed by atoms with E-state index in [4.69, 9.17) is 10.2 Å². The molecular weight excluding hydrogens is 216 g/mol. The Labute approximate surface area is 99.4 Å². The molecule has 0 bridgehead atoms. The highest BCUT2D eigenvalue weighted by Crippen LogP contribution is 2.21. The van der Waals surface area contributed by atoms with Gasteiger partial charge in [-0.2, -0.15) is 0 Å². The molecule has 4 heteroatoms. The van der Waals surface area contributed by atoms with Gasteiger partial charge in [-0.15, -0.1) is 0 Å². The summed E-state index contributed by atoms with van der Waals surface area (Å²) in [6.45, 7) is 2.08. The van der Waals surface area contributed by atoms with Gasteiger partial charge in [0.25, 0.3) is 0 Å². The van der Waals surface area contributed by atoms with Crippen LogP contribution in [0, 0.1) is 0 Å². The van der Waals surface area contributed by atoms with Gasteiger partial charge >= 0.3 is 0 Å². The van der Waals surface area contributed by atoms with Crippen LogP contribution in [0.1, 0.15) is 23.0 Å². The standard InChI is InChI=1S/C13H14N2O2/c1-9(16)10-4-5-13(12(14)7-10)15-8-11-3-2-6-17-11/h2-7,15H,8,14H2,1H3. The van der Waals surface area contributed by atoms with Gasteiger partial charge in [0.15, 0.2) is 5.78 Å². The third-order valence-electron chi connectivity index (χ3n) is 2.49. The lowest BCUT2D eigenvalue weighted by atomic mass is 10.1. The van der Waals surface area contributed by atoms with Crippen LogP contribution in [0.15, 0.2) is 41.0 Å². The van der Waals surface area contributed by atoms with Crippen LogP contribution in [0.5, 0.6) is 0 Å². The Morgan fingerprint density at radius 1 is 1.41 bits per heavy atom. The molecular formula is C13H14N2O2. The fourth-order valence-corrected chi connectivity index (χ4v) is 1.54. The summed E-state index contributed by atoms with van der Waals surface area (Å²) in [6.07, 6.45) is 1.62. The van der Waals surface area contributed by atoms with E-state index in [2.05, 4.69) is 5.32 Å². The van der Waals surface area contributed by atoms with Gasteiger partial charge in [-0.1, -0.05) is 0 Å². The van der Waals surface area contributed by atoms with E-state index >= 15 is 0 Å². The second-order valence-electron chi connectivity index (χ2n) is 3.79. The number of benzene rings is 1. The summed E-state index contributed by atoms with van der Waals surface area (Å²) in [5.41, 5.74) is 7.83. The number of nitrogens with two attached hydrogens (primary N) is 1. The van der Waals surface area contributed by atoms with Gasteiger partial charge in [0.05, 0.1) is 24.2 Å². The molecule has 0 saturated heterocycles. The number of nitrogen functional groups attached to an aromatic ring is 1. The summed E-state index contributed by atoms with van der Waals surface area (Å²) < 4.78 is 5.20. The van der Waals surface area contributed by atoms with Crippen molar-refractivity contribution < 1.29 is 9.21 Å².